The van der Waals surface area contributed by atoms with Crippen LogP contribution in [0.5, 0.6) is 5.75 Å². The molecule has 27 heavy (non-hydrogen) atoms. The minimum atomic E-state index is -0.511. The Labute approximate surface area is 157 Å². The number of benzene rings is 2. The Kier molecular flexibility index (Phi) is 4.32. The molecular weight excluding hydrogens is 342 g/mol. The summed E-state index contributed by atoms with van der Waals surface area (Å²) < 4.78 is 14.6. The van der Waals surface area contributed by atoms with E-state index in [0.717, 1.165) is 28.0 Å². The molecule has 138 valence electrons. The molecular formula is C21H21N3O3. The summed E-state index contributed by atoms with van der Waals surface area (Å²) in [5.74, 6) is 1.13. The maximum Gasteiger partial charge on any atom is 0.328 e. The number of nitrogens with zero attached hydrogens (tertiary/aromatic N) is 3. The highest BCUT2D eigenvalue weighted by Crippen LogP contribution is 2.32. The normalized spacial score (nSPS) is 12.4. The van der Waals surface area contributed by atoms with E-state index in [0.29, 0.717) is 12.4 Å². The van der Waals surface area contributed by atoms with Crippen LogP contribution in [0.25, 0.3) is 28.1 Å². The number of fused-ring (bicyclic) bond motifs is 3. The summed E-state index contributed by atoms with van der Waals surface area (Å²) in [5, 5.41) is 0. The molecule has 1 atom stereocenters. The van der Waals surface area contributed by atoms with Gasteiger partial charge in [0.1, 0.15) is 11.8 Å². The quantitative estimate of drug-likeness (QED) is 0.501. The summed E-state index contributed by atoms with van der Waals surface area (Å²) in [6.45, 7) is 3.97. The monoisotopic (exact) mass is 363 g/mol. The molecule has 4 aromatic rings. The number of imidazole rings is 2. The molecule has 0 aliphatic carbocycles. The molecule has 0 fully saturated rings. The Morgan fingerprint density at radius 3 is 2.63 bits per heavy atom. The predicted molar refractivity (Wildman–Crippen MR) is 104 cm³/mol. The molecule has 4 rings (SSSR count). The van der Waals surface area contributed by atoms with Crippen molar-refractivity contribution in [3.8, 4) is 17.0 Å². The van der Waals surface area contributed by atoms with Gasteiger partial charge in [0.05, 0.1) is 36.6 Å². The number of hydrogen-bond acceptors (Lipinski definition) is 4. The first kappa shape index (κ1) is 17.1. The third-order valence-corrected chi connectivity index (χ3v) is 4.73. The molecule has 2 aromatic carbocycles. The summed E-state index contributed by atoms with van der Waals surface area (Å²) in [7, 11) is 1.63. The number of aromatic nitrogens is 3. The lowest BCUT2D eigenvalue weighted by Crippen LogP contribution is -2.19. The molecule has 6 heteroatoms. The highest BCUT2D eigenvalue weighted by molar-refractivity contribution is 5.88. The molecule has 0 aliphatic heterocycles. The fourth-order valence-electron chi connectivity index (χ4n) is 3.43. The minimum Gasteiger partial charge on any atom is -0.497 e. The number of hydrogen-bond donors (Lipinski definition) is 0. The van der Waals surface area contributed by atoms with Crippen molar-refractivity contribution in [1.82, 2.24) is 14.0 Å². The lowest BCUT2D eigenvalue weighted by Gasteiger charge is -2.13. The SMILES string of the molecule is CCOC(=O)C(C)n1c2cc(OC)ccc2n2c(-c3ccccc3)cnc12. The molecule has 0 aliphatic rings. The predicted octanol–water partition coefficient (Wildman–Crippen LogP) is 4.09. The van der Waals surface area contributed by atoms with Gasteiger partial charge in [-0.05, 0) is 26.0 Å². The van der Waals surface area contributed by atoms with Gasteiger partial charge in [-0.1, -0.05) is 30.3 Å². The molecule has 2 aromatic heterocycles. The summed E-state index contributed by atoms with van der Waals surface area (Å²) >= 11 is 0. The van der Waals surface area contributed by atoms with Crippen molar-refractivity contribution >= 4 is 22.8 Å². The third-order valence-electron chi connectivity index (χ3n) is 4.73. The van der Waals surface area contributed by atoms with Gasteiger partial charge < -0.3 is 9.47 Å². The number of esters is 1. The average molecular weight is 363 g/mol. The van der Waals surface area contributed by atoms with Crippen molar-refractivity contribution in [2.24, 2.45) is 0 Å². The summed E-state index contributed by atoms with van der Waals surface area (Å²) in [5.41, 5.74) is 3.85. The van der Waals surface area contributed by atoms with E-state index in [1.165, 1.54) is 0 Å². The van der Waals surface area contributed by atoms with Crippen LogP contribution in [0.1, 0.15) is 19.9 Å². The molecule has 0 saturated carbocycles. The second kappa shape index (κ2) is 6.79. The van der Waals surface area contributed by atoms with E-state index in [1.54, 1.807) is 14.0 Å². The number of carbonyl (C=O) groups is 1. The summed E-state index contributed by atoms with van der Waals surface area (Å²) in [4.78, 5) is 17.1. The van der Waals surface area contributed by atoms with Crippen LogP contribution in [0, 0.1) is 0 Å². The van der Waals surface area contributed by atoms with Gasteiger partial charge in [-0.3, -0.25) is 8.97 Å². The minimum absolute atomic E-state index is 0.288. The Hall–Kier alpha value is -3.28. The van der Waals surface area contributed by atoms with Gasteiger partial charge >= 0.3 is 5.97 Å². The largest absolute Gasteiger partial charge is 0.497 e. The fraction of sp³-hybridized carbons (Fsp3) is 0.238. The lowest BCUT2D eigenvalue weighted by atomic mass is 10.2. The van der Waals surface area contributed by atoms with E-state index in [1.807, 2.05) is 66.2 Å². The molecule has 0 radical (unpaired) electrons. The Morgan fingerprint density at radius 1 is 1.15 bits per heavy atom. The van der Waals surface area contributed by atoms with Gasteiger partial charge in [0.2, 0.25) is 5.78 Å². The lowest BCUT2D eigenvalue weighted by molar-refractivity contribution is -0.146. The molecule has 1 unspecified atom stereocenters. The molecule has 0 amide bonds. The zero-order chi connectivity index (χ0) is 19.0. The third kappa shape index (κ3) is 2.73. The van der Waals surface area contributed by atoms with Crippen molar-refractivity contribution in [1.29, 1.82) is 0 Å². The van der Waals surface area contributed by atoms with Gasteiger partial charge in [-0.2, -0.15) is 0 Å². The van der Waals surface area contributed by atoms with E-state index in [-0.39, 0.29) is 5.97 Å². The Morgan fingerprint density at radius 2 is 1.93 bits per heavy atom. The Bertz CT molecular complexity index is 1110. The van der Waals surface area contributed by atoms with E-state index in [4.69, 9.17) is 9.47 Å². The van der Waals surface area contributed by atoms with Gasteiger partial charge in [-0.25, -0.2) is 9.78 Å². The van der Waals surface area contributed by atoms with E-state index >= 15 is 0 Å². The molecule has 0 bridgehead atoms. The van der Waals surface area contributed by atoms with E-state index in [9.17, 15) is 4.79 Å². The summed E-state index contributed by atoms with van der Waals surface area (Å²) in [6, 6.07) is 15.4. The van der Waals surface area contributed by atoms with Crippen LogP contribution in [0.15, 0.2) is 54.7 Å². The fourth-order valence-corrected chi connectivity index (χ4v) is 3.43. The molecule has 6 nitrogen and oxygen atoms in total. The van der Waals surface area contributed by atoms with Gasteiger partial charge in [0, 0.05) is 11.6 Å². The van der Waals surface area contributed by atoms with Crippen molar-refractivity contribution in [3.05, 3.63) is 54.7 Å². The van der Waals surface area contributed by atoms with E-state index < -0.39 is 6.04 Å². The molecule has 0 N–H and O–H groups in total. The number of rotatable bonds is 5. The van der Waals surface area contributed by atoms with Crippen LogP contribution in [-0.4, -0.2) is 33.6 Å². The zero-order valence-corrected chi connectivity index (χ0v) is 15.5. The first-order chi connectivity index (χ1) is 13.2. The summed E-state index contributed by atoms with van der Waals surface area (Å²) in [6.07, 6.45) is 1.84. The van der Waals surface area contributed by atoms with Crippen LogP contribution < -0.4 is 4.74 Å². The van der Waals surface area contributed by atoms with Crippen LogP contribution in [-0.2, 0) is 9.53 Å². The number of carbonyl (C=O) groups excluding carboxylic acids is 1. The van der Waals surface area contributed by atoms with Crippen molar-refractivity contribution < 1.29 is 14.3 Å². The van der Waals surface area contributed by atoms with Crippen LogP contribution in [0.3, 0.4) is 0 Å². The number of methoxy groups -OCH3 is 1. The van der Waals surface area contributed by atoms with Crippen molar-refractivity contribution in [2.75, 3.05) is 13.7 Å². The van der Waals surface area contributed by atoms with Crippen LogP contribution >= 0.6 is 0 Å². The Balaban J connectivity index is 2.03. The standard InChI is InChI=1S/C21H21N3O3/c1-4-27-20(25)14(2)23-18-12-16(26-3)10-11-17(18)24-19(13-22-21(23)24)15-8-6-5-7-9-15/h5-14H,4H2,1-3H3. The average Bonchev–Trinajstić information content (AvgIpc) is 3.25. The van der Waals surface area contributed by atoms with Crippen molar-refractivity contribution in [3.63, 3.8) is 0 Å². The van der Waals surface area contributed by atoms with Crippen LogP contribution in [0.2, 0.25) is 0 Å². The second-order valence-corrected chi connectivity index (χ2v) is 6.30. The first-order valence-corrected chi connectivity index (χ1v) is 8.93. The highest BCUT2D eigenvalue weighted by Gasteiger charge is 2.24. The maximum atomic E-state index is 12.4. The topological polar surface area (TPSA) is 57.8 Å². The highest BCUT2D eigenvalue weighted by atomic mass is 16.5. The molecule has 0 spiro atoms. The van der Waals surface area contributed by atoms with E-state index in [2.05, 4.69) is 9.38 Å². The van der Waals surface area contributed by atoms with Crippen LogP contribution in [0.4, 0.5) is 0 Å². The molecule has 0 saturated heterocycles. The second-order valence-electron chi connectivity index (χ2n) is 6.30. The smallest absolute Gasteiger partial charge is 0.328 e. The van der Waals surface area contributed by atoms with Crippen molar-refractivity contribution in [2.45, 2.75) is 19.9 Å². The maximum absolute atomic E-state index is 12.4. The number of ether oxygens (including phenoxy) is 2. The van der Waals surface area contributed by atoms with Gasteiger partial charge in [0.25, 0.3) is 0 Å². The van der Waals surface area contributed by atoms with Gasteiger partial charge in [-0.15, -0.1) is 0 Å². The molecule has 2 heterocycles. The first-order valence-electron chi connectivity index (χ1n) is 8.93. The van der Waals surface area contributed by atoms with Gasteiger partial charge in [0.15, 0.2) is 0 Å². The zero-order valence-electron chi connectivity index (χ0n) is 15.5.